The lowest BCUT2D eigenvalue weighted by Crippen LogP contribution is -2.62. The molecule has 6 aromatic rings. The second kappa shape index (κ2) is 11.8. The van der Waals surface area contributed by atoms with E-state index in [0.717, 1.165) is 0 Å². The van der Waals surface area contributed by atoms with Crippen molar-refractivity contribution in [2.75, 3.05) is 9.80 Å². The van der Waals surface area contributed by atoms with E-state index in [4.69, 9.17) is 0 Å². The minimum Gasteiger partial charge on any atom is -0.307 e. The fourth-order valence-corrected chi connectivity index (χ4v) is 10.3. The Bertz CT molecular complexity index is 2340. The third-order valence-corrected chi connectivity index (χ3v) is 12.6. The molecule has 0 atom stereocenters. The van der Waals surface area contributed by atoms with Crippen molar-refractivity contribution in [3.05, 3.63) is 142 Å². The van der Waals surface area contributed by atoms with Gasteiger partial charge in [-0.15, -0.1) is 0 Å². The summed E-state index contributed by atoms with van der Waals surface area (Å²) in [6.45, 7) is 28.0. The molecule has 3 aliphatic rings. The van der Waals surface area contributed by atoms with Crippen LogP contribution in [0.4, 0.5) is 34.1 Å². The van der Waals surface area contributed by atoms with E-state index in [1.807, 2.05) is 0 Å². The molecule has 0 aromatic heterocycles. The Hall–Kier alpha value is -4.95. The molecule has 0 saturated carbocycles. The predicted molar refractivity (Wildman–Crippen MR) is 237 cm³/mol. The maximum atomic E-state index is 2.64. The molecule has 3 aliphatic heterocycles. The first kappa shape index (κ1) is 34.8. The van der Waals surface area contributed by atoms with Crippen LogP contribution in [-0.2, 0) is 10.8 Å². The predicted octanol–water partition coefficient (Wildman–Crippen LogP) is 9.04. The molecule has 0 bridgehead atoms. The van der Waals surface area contributed by atoms with Crippen molar-refractivity contribution < 1.29 is 0 Å². The Morgan fingerprint density at radius 3 is 1.07 bits per heavy atom. The van der Waals surface area contributed by atoms with Crippen LogP contribution in [0.2, 0.25) is 0 Å². The molecule has 4 heteroatoms. The average Bonchev–Trinajstić information content (AvgIpc) is 3.09. The van der Waals surface area contributed by atoms with Gasteiger partial charge in [-0.05, 0) is 110 Å². The summed E-state index contributed by atoms with van der Waals surface area (Å²) in [6, 6.07) is 38.4. The molecule has 9 rings (SSSR count). The molecule has 0 fully saturated rings. The van der Waals surface area contributed by atoms with E-state index < -0.39 is 0 Å². The summed E-state index contributed by atoms with van der Waals surface area (Å²) < 4.78 is 0. The molecule has 0 saturated heterocycles. The zero-order valence-electron chi connectivity index (χ0n) is 34.3. The third kappa shape index (κ3) is 5.01. The van der Waals surface area contributed by atoms with Crippen molar-refractivity contribution in [2.24, 2.45) is 0 Å². The van der Waals surface area contributed by atoms with E-state index >= 15 is 0 Å². The highest BCUT2D eigenvalue weighted by Gasteiger charge is 2.47. The van der Waals surface area contributed by atoms with Crippen LogP contribution in [0.15, 0.2) is 97.1 Å². The largest absolute Gasteiger partial charge is 0.307 e. The lowest BCUT2D eigenvalue weighted by molar-refractivity contribution is 0.590. The highest BCUT2D eigenvalue weighted by molar-refractivity contribution is 6.99. The van der Waals surface area contributed by atoms with Gasteiger partial charge in [0.1, 0.15) is 0 Å². The standard InChI is InChI=1S/C50H52B2N2/c1-29-23-31(3)45(32(4)24-29)51-37-21-19-35(49(7,8)9)27-43(37)53-42-18-14-16-40-48(42)54(41-17-13-15-39(51)47(41)53)44-28-36(50(10,11)12)20-22-38(44)52(40)46-33(5)25-30(2)26-34(46)6/h13-28H,1-12H3. The molecule has 2 nitrogen and oxygen atoms in total. The van der Waals surface area contributed by atoms with Gasteiger partial charge in [-0.3, -0.25) is 0 Å². The van der Waals surface area contributed by atoms with E-state index in [1.165, 1.54) is 111 Å². The smallest absolute Gasteiger partial charge is 0.247 e. The van der Waals surface area contributed by atoms with Gasteiger partial charge in [0.2, 0.25) is 13.4 Å². The first-order chi connectivity index (χ1) is 25.5. The highest BCUT2D eigenvalue weighted by atomic mass is 15.3. The van der Waals surface area contributed by atoms with E-state index in [2.05, 4.69) is 190 Å². The Kier molecular flexibility index (Phi) is 7.59. The van der Waals surface area contributed by atoms with Crippen molar-refractivity contribution in [3.8, 4) is 0 Å². The average molecular weight is 703 g/mol. The quantitative estimate of drug-likeness (QED) is 0.166. The number of hydrogen-bond acceptors (Lipinski definition) is 2. The summed E-state index contributed by atoms with van der Waals surface area (Å²) in [5.41, 5.74) is 26.9. The normalized spacial score (nSPS) is 14.1. The number of anilines is 6. The van der Waals surface area contributed by atoms with Crippen LogP contribution in [0.1, 0.15) is 86.1 Å². The van der Waals surface area contributed by atoms with E-state index in [-0.39, 0.29) is 24.3 Å². The molecule has 0 amide bonds. The second-order valence-electron chi connectivity index (χ2n) is 18.6. The molecule has 3 heterocycles. The van der Waals surface area contributed by atoms with Crippen LogP contribution in [0, 0.1) is 41.5 Å². The van der Waals surface area contributed by atoms with Gasteiger partial charge in [-0.1, -0.05) is 159 Å². The summed E-state index contributed by atoms with van der Waals surface area (Å²) in [5.74, 6) is 0. The molecule has 0 spiro atoms. The molecule has 268 valence electrons. The zero-order chi connectivity index (χ0) is 38.2. The first-order valence-corrected chi connectivity index (χ1v) is 19.8. The minimum absolute atomic E-state index is 0.00579. The molecule has 0 N–H and O–H groups in total. The fraction of sp³-hybridized carbons (Fsp3) is 0.280. The van der Waals surface area contributed by atoms with Gasteiger partial charge in [0.15, 0.2) is 0 Å². The maximum Gasteiger partial charge on any atom is 0.247 e. The summed E-state index contributed by atoms with van der Waals surface area (Å²) in [6.07, 6.45) is 0. The maximum absolute atomic E-state index is 2.64. The Balaban J connectivity index is 1.42. The summed E-state index contributed by atoms with van der Waals surface area (Å²) in [4.78, 5) is 5.29. The number of rotatable bonds is 2. The van der Waals surface area contributed by atoms with Gasteiger partial charge in [0.25, 0.3) is 0 Å². The summed E-state index contributed by atoms with van der Waals surface area (Å²) in [5, 5.41) is 0. The molecule has 0 aliphatic carbocycles. The third-order valence-electron chi connectivity index (χ3n) is 12.6. The van der Waals surface area contributed by atoms with Crippen LogP contribution in [0.3, 0.4) is 0 Å². The van der Waals surface area contributed by atoms with Crippen LogP contribution >= 0.6 is 0 Å². The van der Waals surface area contributed by atoms with Gasteiger partial charge >= 0.3 is 0 Å². The van der Waals surface area contributed by atoms with Gasteiger partial charge < -0.3 is 9.80 Å². The number of nitrogens with zero attached hydrogens (tertiary/aromatic N) is 2. The molecular weight excluding hydrogens is 650 g/mol. The summed E-state index contributed by atoms with van der Waals surface area (Å²) >= 11 is 0. The van der Waals surface area contributed by atoms with Crippen molar-refractivity contribution in [1.82, 2.24) is 0 Å². The fourth-order valence-electron chi connectivity index (χ4n) is 10.3. The van der Waals surface area contributed by atoms with Crippen molar-refractivity contribution in [2.45, 2.75) is 93.9 Å². The molecule has 6 aromatic carbocycles. The molecule has 0 radical (unpaired) electrons. The van der Waals surface area contributed by atoms with Crippen LogP contribution < -0.4 is 42.6 Å². The van der Waals surface area contributed by atoms with E-state index in [9.17, 15) is 0 Å². The van der Waals surface area contributed by atoms with Crippen molar-refractivity contribution >= 4 is 80.3 Å². The van der Waals surface area contributed by atoms with E-state index in [1.54, 1.807) is 0 Å². The van der Waals surface area contributed by atoms with E-state index in [0.29, 0.717) is 0 Å². The lowest BCUT2D eigenvalue weighted by Gasteiger charge is -2.49. The zero-order valence-corrected chi connectivity index (χ0v) is 34.3. The summed E-state index contributed by atoms with van der Waals surface area (Å²) in [7, 11) is 0. The lowest BCUT2D eigenvalue weighted by atomic mass is 9.33. The molecule has 0 unspecified atom stereocenters. The Morgan fingerprint density at radius 1 is 0.389 bits per heavy atom. The number of hydrogen-bond donors (Lipinski definition) is 0. The molecule has 54 heavy (non-hydrogen) atoms. The number of benzene rings is 6. The van der Waals surface area contributed by atoms with Crippen molar-refractivity contribution in [3.63, 3.8) is 0 Å². The van der Waals surface area contributed by atoms with Gasteiger partial charge in [-0.25, -0.2) is 0 Å². The number of para-hydroxylation sites is 2. The Labute approximate surface area is 324 Å². The Morgan fingerprint density at radius 2 is 0.741 bits per heavy atom. The second-order valence-corrected chi connectivity index (χ2v) is 18.6. The highest BCUT2D eigenvalue weighted by Crippen LogP contribution is 2.55. The molecular formula is C50H52B2N2. The monoisotopic (exact) mass is 702 g/mol. The van der Waals surface area contributed by atoms with Gasteiger partial charge in [0, 0.05) is 11.4 Å². The van der Waals surface area contributed by atoms with Gasteiger partial charge in [0.05, 0.1) is 22.7 Å². The van der Waals surface area contributed by atoms with Crippen molar-refractivity contribution in [1.29, 1.82) is 0 Å². The van der Waals surface area contributed by atoms with Crippen LogP contribution in [0.25, 0.3) is 0 Å². The van der Waals surface area contributed by atoms with Gasteiger partial charge in [-0.2, -0.15) is 0 Å². The topological polar surface area (TPSA) is 6.48 Å². The van der Waals surface area contributed by atoms with Crippen LogP contribution in [-0.4, -0.2) is 13.4 Å². The first-order valence-electron chi connectivity index (χ1n) is 19.8. The number of fused-ring (bicyclic) bond motifs is 6. The minimum atomic E-state index is 0.00579. The van der Waals surface area contributed by atoms with Crippen LogP contribution in [0.5, 0.6) is 0 Å². The number of aryl methyl sites for hydroxylation is 6. The SMILES string of the molecule is Cc1cc(C)c(B2c3ccc(C(C)(C)C)cc3N3c4cccc5c4N(c4cc(C(C)(C)C)ccc4B5c4c(C)cc(C)cc4C)c4cccc2c43)c(C)c1.